The molecule has 27 heavy (non-hydrogen) atoms. The molecule has 0 spiro atoms. The first-order valence-corrected chi connectivity index (χ1v) is 9.66. The number of amides is 2. The van der Waals surface area contributed by atoms with Gasteiger partial charge in [-0.3, -0.25) is 9.59 Å². The van der Waals surface area contributed by atoms with Crippen molar-refractivity contribution in [1.29, 1.82) is 0 Å². The van der Waals surface area contributed by atoms with Crippen LogP contribution in [0.4, 0.5) is 8.78 Å². The molecule has 5 nitrogen and oxygen atoms in total. The number of hydrogen-bond donors (Lipinski definition) is 1. The molecule has 1 aromatic carbocycles. The van der Waals surface area contributed by atoms with Gasteiger partial charge in [-0.15, -0.1) is 0 Å². The van der Waals surface area contributed by atoms with E-state index in [1.165, 1.54) is 17.4 Å². The summed E-state index contributed by atoms with van der Waals surface area (Å²) in [5.41, 5.74) is 5.76. The van der Waals surface area contributed by atoms with Gasteiger partial charge < -0.3 is 15.5 Å². The van der Waals surface area contributed by atoms with E-state index in [-0.39, 0.29) is 16.9 Å². The maximum Gasteiger partial charge on any atom is 0.256 e. The van der Waals surface area contributed by atoms with Crippen LogP contribution in [-0.2, 0) is 4.79 Å². The number of nitrogens with two attached hydrogens (primary N) is 1. The average Bonchev–Trinajstić information content (AvgIpc) is 2.68. The molecule has 0 unspecified atom stereocenters. The number of halogens is 2. The smallest absolute Gasteiger partial charge is 0.256 e. The lowest BCUT2D eigenvalue weighted by molar-refractivity contribution is -0.135. The first-order valence-electron chi connectivity index (χ1n) is 9.66. The van der Waals surface area contributed by atoms with Crippen molar-refractivity contribution in [1.82, 2.24) is 9.80 Å². The van der Waals surface area contributed by atoms with Crippen LogP contribution in [0.1, 0.15) is 48.9 Å². The highest BCUT2D eigenvalue weighted by atomic mass is 19.1. The second-order valence-electron chi connectivity index (χ2n) is 7.74. The predicted molar refractivity (Wildman–Crippen MR) is 98.0 cm³/mol. The molecule has 148 valence electrons. The predicted octanol–water partition coefficient (Wildman–Crippen LogP) is 2.55. The molecular formula is C20H27F2N3O2. The Bertz CT molecular complexity index is 696. The fourth-order valence-corrected chi connectivity index (χ4v) is 4.18. The highest BCUT2D eigenvalue weighted by Gasteiger charge is 2.35. The standard InChI is InChI=1S/C20H27F2N3O2/c21-15-4-5-16(17(22)12-15)19(27)25-10-8-24(9-11-25)18(26)13-20(14-23)6-2-1-3-7-20/h4-5,12H,1-3,6-11,13-14,23H2. The van der Waals surface area contributed by atoms with Gasteiger partial charge in [0.15, 0.2) is 0 Å². The molecular weight excluding hydrogens is 352 g/mol. The van der Waals surface area contributed by atoms with E-state index in [9.17, 15) is 18.4 Å². The summed E-state index contributed by atoms with van der Waals surface area (Å²) in [7, 11) is 0. The number of benzene rings is 1. The molecule has 2 amide bonds. The molecule has 2 fully saturated rings. The van der Waals surface area contributed by atoms with Crippen molar-refractivity contribution in [2.45, 2.75) is 38.5 Å². The summed E-state index contributed by atoms with van der Waals surface area (Å²) in [6, 6.07) is 2.95. The molecule has 0 aromatic heterocycles. The van der Waals surface area contributed by atoms with Crippen LogP contribution in [0, 0.1) is 17.0 Å². The Kier molecular flexibility index (Phi) is 6.09. The lowest BCUT2D eigenvalue weighted by Crippen LogP contribution is -2.52. The molecule has 2 aliphatic rings. The van der Waals surface area contributed by atoms with Gasteiger partial charge in [-0.25, -0.2) is 8.78 Å². The largest absolute Gasteiger partial charge is 0.339 e. The van der Waals surface area contributed by atoms with E-state index in [2.05, 4.69) is 0 Å². The summed E-state index contributed by atoms with van der Waals surface area (Å²) in [5, 5.41) is 0. The second kappa shape index (κ2) is 8.33. The van der Waals surface area contributed by atoms with Gasteiger partial charge in [0.1, 0.15) is 11.6 Å². The minimum atomic E-state index is -0.860. The Labute approximate surface area is 158 Å². The Morgan fingerprint density at radius 3 is 2.22 bits per heavy atom. The fourth-order valence-electron chi connectivity index (χ4n) is 4.18. The molecule has 2 N–H and O–H groups in total. The van der Waals surface area contributed by atoms with Crippen LogP contribution in [0.25, 0.3) is 0 Å². The van der Waals surface area contributed by atoms with Crippen molar-refractivity contribution in [3.63, 3.8) is 0 Å². The van der Waals surface area contributed by atoms with Gasteiger partial charge in [0.25, 0.3) is 5.91 Å². The van der Waals surface area contributed by atoms with E-state index in [0.717, 1.165) is 31.7 Å². The number of carbonyl (C=O) groups is 2. The normalized spacial score (nSPS) is 19.8. The summed E-state index contributed by atoms with van der Waals surface area (Å²) in [5.74, 6) is -1.95. The molecule has 1 saturated carbocycles. The zero-order chi connectivity index (χ0) is 19.4. The van der Waals surface area contributed by atoms with Gasteiger partial charge in [-0.2, -0.15) is 0 Å². The van der Waals surface area contributed by atoms with Crippen molar-refractivity contribution in [3.05, 3.63) is 35.4 Å². The highest BCUT2D eigenvalue weighted by molar-refractivity contribution is 5.94. The van der Waals surface area contributed by atoms with Crippen LogP contribution >= 0.6 is 0 Å². The minimum Gasteiger partial charge on any atom is -0.339 e. The van der Waals surface area contributed by atoms with Crippen molar-refractivity contribution in [2.75, 3.05) is 32.7 Å². The molecule has 1 saturated heterocycles. The summed E-state index contributed by atoms with van der Waals surface area (Å²) >= 11 is 0. The molecule has 1 aliphatic heterocycles. The molecule has 0 bridgehead atoms. The summed E-state index contributed by atoms with van der Waals surface area (Å²) in [6.07, 6.45) is 5.90. The number of nitrogens with zero attached hydrogens (tertiary/aromatic N) is 2. The van der Waals surface area contributed by atoms with Gasteiger partial charge in [0.2, 0.25) is 5.91 Å². The molecule has 3 rings (SSSR count). The summed E-state index contributed by atoms with van der Waals surface area (Å²) < 4.78 is 26.9. The number of rotatable bonds is 4. The van der Waals surface area contributed by atoms with Gasteiger partial charge in [0, 0.05) is 38.7 Å². The molecule has 1 aliphatic carbocycles. The number of piperazine rings is 1. The van der Waals surface area contributed by atoms with E-state index >= 15 is 0 Å². The van der Waals surface area contributed by atoms with Crippen molar-refractivity contribution < 1.29 is 18.4 Å². The van der Waals surface area contributed by atoms with E-state index in [1.54, 1.807) is 4.90 Å². The number of carbonyl (C=O) groups excluding carboxylic acids is 2. The minimum absolute atomic E-state index is 0.0838. The maximum atomic E-state index is 13.8. The Morgan fingerprint density at radius 1 is 1.00 bits per heavy atom. The molecule has 7 heteroatoms. The van der Waals surface area contributed by atoms with Crippen molar-refractivity contribution >= 4 is 11.8 Å². The van der Waals surface area contributed by atoms with Crippen molar-refractivity contribution in [3.8, 4) is 0 Å². The van der Waals surface area contributed by atoms with Gasteiger partial charge in [-0.05, 0) is 36.9 Å². The van der Waals surface area contributed by atoms with Crippen LogP contribution in [0.3, 0.4) is 0 Å². The van der Waals surface area contributed by atoms with Crippen LogP contribution in [-0.4, -0.2) is 54.3 Å². The molecule has 0 atom stereocenters. The Morgan fingerprint density at radius 2 is 1.63 bits per heavy atom. The fraction of sp³-hybridized carbons (Fsp3) is 0.600. The van der Waals surface area contributed by atoms with Crippen LogP contribution in [0.2, 0.25) is 0 Å². The first-order chi connectivity index (χ1) is 12.9. The SMILES string of the molecule is NCC1(CC(=O)N2CCN(C(=O)c3ccc(F)cc3F)CC2)CCCCC1. The summed E-state index contributed by atoms with van der Waals surface area (Å²) in [6.45, 7) is 2.07. The monoisotopic (exact) mass is 379 g/mol. The molecule has 0 radical (unpaired) electrons. The molecule has 1 aromatic rings. The lowest BCUT2D eigenvalue weighted by Gasteiger charge is -2.39. The third kappa shape index (κ3) is 4.46. The Balaban J connectivity index is 1.56. The zero-order valence-electron chi connectivity index (χ0n) is 15.6. The van der Waals surface area contributed by atoms with E-state index < -0.39 is 17.5 Å². The third-order valence-electron chi connectivity index (χ3n) is 5.95. The molecule has 1 heterocycles. The quantitative estimate of drug-likeness (QED) is 0.874. The van der Waals surface area contributed by atoms with E-state index in [4.69, 9.17) is 5.73 Å². The van der Waals surface area contributed by atoms with Gasteiger partial charge in [-0.1, -0.05) is 19.3 Å². The third-order valence-corrected chi connectivity index (χ3v) is 5.95. The average molecular weight is 379 g/mol. The topological polar surface area (TPSA) is 66.6 Å². The highest BCUT2D eigenvalue weighted by Crippen LogP contribution is 2.38. The van der Waals surface area contributed by atoms with E-state index in [1.807, 2.05) is 0 Å². The lowest BCUT2D eigenvalue weighted by atomic mass is 9.71. The zero-order valence-corrected chi connectivity index (χ0v) is 15.6. The van der Waals surface area contributed by atoms with Gasteiger partial charge >= 0.3 is 0 Å². The van der Waals surface area contributed by atoms with E-state index in [0.29, 0.717) is 45.2 Å². The van der Waals surface area contributed by atoms with Gasteiger partial charge in [0.05, 0.1) is 5.56 Å². The number of hydrogen-bond acceptors (Lipinski definition) is 3. The second-order valence-corrected chi connectivity index (χ2v) is 7.74. The maximum absolute atomic E-state index is 13.8. The van der Waals surface area contributed by atoms with Crippen LogP contribution < -0.4 is 5.73 Å². The first kappa shape index (κ1) is 19.7. The van der Waals surface area contributed by atoms with Crippen LogP contribution in [0.5, 0.6) is 0 Å². The van der Waals surface area contributed by atoms with Crippen molar-refractivity contribution in [2.24, 2.45) is 11.1 Å². The summed E-state index contributed by atoms with van der Waals surface area (Å²) in [4.78, 5) is 28.5. The Hall–Kier alpha value is -2.02. The van der Waals surface area contributed by atoms with Crippen LogP contribution in [0.15, 0.2) is 18.2 Å².